The Labute approximate surface area is 220 Å². The Bertz CT molecular complexity index is 1430. The molecular weight excluding hydrogens is 482 g/mol. The van der Waals surface area contributed by atoms with Crippen molar-refractivity contribution in [3.63, 3.8) is 0 Å². The number of ketones is 1. The summed E-state index contributed by atoms with van der Waals surface area (Å²) >= 11 is 0. The molecule has 38 heavy (non-hydrogen) atoms. The molecule has 0 radical (unpaired) electrons. The number of amides is 2. The first-order chi connectivity index (χ1) is 18.4. The Morgan fingerprint density at radius 3 is 2.53 bits per heavy atom. The summed E-state index contributed by atoms with van der Waals surface area (Å²) < 4.78 is 6.94. The monoisotopic (exact) mass is 513 g/mol. The number of hydrogen-bond acceptors (Lipinski definition) is 6. The minimum atomic E-state index is -0.381. The average molecular weight is 514 g/mol. The summed E-state index contributed by atoms with van der Waals surface area (Å²) in [5.41, 5.74) is 2.81. The van der Waals surface area contributed by atoms with Gasteiger partial charge in [0.05, 0.1) is 6.20 Å². The van der Waals surface area contributed by atoms with Gasteiger partial charge in [-0.25, -0.2) is 9.50 Å². The highest BCUT2D eigenvalue weighted by Crippen LogP contribution is 2.59. The fraction of sp³-hybridized carbons (Fsp3) is 0.483. The zero-order chi connectivity index (χ0) is 25.9. The molecule has 4 aliphatic carbocycles. The third kappa shape index (κ3) is 4.23. The fourth-order valence-electron chi connectivity index (χ4n) is 7.77. The molecule has 9 heteroatoms. The Balaban J connectivity index is 1.06. The first-order valence-electron chi connectivity index (χ1n) is 13.6. The van der Waals surface area contributed by atoms with Crippen LogP contribution in [0.15, 0.2) is 36.5 Å². The Hall–Kier alpha value is -3.75. The maximum atomic E-state index is 13.4. The highest BCUT2D eigenvalue weighted by atomic mass is 16.5. The Morgan fingerprint density at radius 1 is 1.00 bits per heavy atom. The van der Waals surface area contributed by atoms with Gasteiger partial charge in [0.1, 0.15) is 23.7 Å². The average Bonchev–Trinajstić information content (AvgIpc) is 3.38. The summed E-state index contributed by atoms with van der Waals surface area (Å²) in [6.45, 7) is 1.04. The second-order valence-electron chi connectivity index (χ2n) is 11.9. The van der Waals surface area contributed by atoms with E-state index in [4.69, 9.17) is 4.74 Å². The van der Waals surface area contributed by atoms with E-state index in [1.807, 2.05) is 18.2 Å². The van der Waals surface area contributed by atoms with Crippen LogP contribution in [0, 0.1) is 23.2 Å². The lowest BCUT2D eigenvalue weighted by molar-refractivity contribution is -0.121. The van der Waals surface area contributed by atoms with Gasteiger partial charge in [0.2, 0.25) is 0 Å². The number of rotatable bonds is 6. The molecule has 4 saturated carbocycles. The maximum absolute atomic E-state index is 13.4. The molecule has 2 amide bonds. The number of hydrogen-bond donors (Lipinski definition) is 2. The van der Waals surface area contributed by atoms with Crippen LogP contribution in [0.1, 0.15) is 70.6 Å². The van der Waals surface area contributed by atoms with Crippen LogP contribution in [0.5, 0.6) is 5.75 Å². The highest BCUT2D eigenvalue weighted by molar-refractivity contribution is 5.98. The first kappa shape index (κ1) is 23.4. The molecule has 5 aliphatic rings. The molecule has 0 spiro atoms. The minimum absolute atomic E-state index is 0.0333. The molecule has 9 nitrogen and oxygen atoms in total. The first-order valence-corrected chi connectivity index (χ1v) is 13.6. The SMILES string of the molecule is O=C1COc2ccc(CNC(=O)c3cc(C(=O)NCC45CC6CC(CC(C6)C4)C5)n4nccc4n3)cc2C1. The van der Waals surface area contributed by atoms with E-state index < -0.39 is 0 Å². The molecule has 3 aromatic rings. The van der Waals surface area contributed by atoms with Gasteiger partial charge in [0.15, 0.2) is 11.4 Å². The lowest BCUT2D eigenvalue weighted by atomic mass is 9.49. The topological polar surface area (TPSA) is 115 Å². The summed E-state index contributed by atoms with van der Waals surface area (Å²) in [5.74, 6) is 2.57. The summed E-state index contributed by atoms with van der Waals surface area (Å²) in [6, 6.07) is 8.78. The molecule has 2 N–H and O–H groups in total. The van der Waals surface area contributed by atoms with Gasteiger partial charge < -0.3 is 15.4 Å². The van der Waals surface area contributed by atoms with Gasteiger partial charge in [-0.2, -0.15) is 5.10 Å². The van der Waals surface area contributed by atoms with Crippen LogP contribution in [-0.2, 0) is 17.8 Å². The molecule has 4 bridgehead atoms. The van der Waals surface area contributed by atoms with Gasteiger partial charge in [-0.05, 0) is 79.4 Å². The maximum Gasteiger partial charge on any atom is 0.270 e. The Kier molecular flexibility index (Phi) is 5.49. The van der Waals surface area contributed by atoms with Crippen LogP contribution < -0.4 is 15.4 Å². The summed E-state index contributed by atoms with van der Waals surface area (Å²) in [6.07, 6.45) is 9.63. The van der Waals surface area contributed by atoms with E-state index in [-0.39, 0.29) is 41.9 Å². The van der Waals surface area contributed by atoms with E-state index in [2.05, 4.69) is 20.7 Å². The zero-order valence-corrected chi connectivity index (χ0v) is 21.2. The third-order valence-electron chi connectivity index (χ3n) is 8.97. The molecule has 1 aliphatic heterocycles. The van der Waals surface area contributed by atoms with E-state index in [9.17, 15) is 14.4 Å². The predicted octanol–water partition coefficient (Wildman–Crippen LogP) is 3.11. The standard InChI is InChI=1S/C29H31N5O4/c35-22-9-21-8-17(1-2-25(21)38-15-22)14-30-27(36)23-10-24(34-26(33-23)3-4-32-34)28(37)31-16-29-11-18-5-19(12-29)7-20(6-18)13-29/h1-4,8,10,18-20H,5-7,9,11-16H2,(H,30,36)(H,31,37). The number of nitrogens with one attached hydrogen (secondary N) is 2. The number of nitrogens with zero attached hydrogens (tertiary/aromatic N) is 3. The van der Waals surface area contributed by atoms with E-state index in [0.29, 0.717) is 30.1 Å². The second kappa shape index (κ2) is 8.92. The number of aromatic nitrogens is 3. The van der Waals surface area contributed by atoms with Crippen LogP contribution in [-0.4, -0.2) is 45.3 Å². The summed E-state index contributed by atoms with van der Waals surface area (Å²) in [5, 5.41) is 10.4. The van der Waals surface area contributed by atoms with E-state index >= 15 is 0 Å². The second-order valence-corrected chi connectivity index (χ2v) is 11.9. The van der Waals surface area contributed by atoms with Crippen molar-refractivity contribution in [2.24, 2.45) is 23.2 Å². The van der Waals surface area contributed by atoms with Crippen molar-refractivity contribution in [1.29, 1.82) is 0 Å². The number of carbonyl (C=O) groups excluding carboxylic acids is 3. The van der Waals surface area contributed by atoms with Crippen LogP contribution in [0.3, 0.4) is 0 Å². The van der Waals surface area contributed by atoms with Crippen molar-refractivity contribution < 1.29 is 19.1 Å². The molecule has 3 heterocycles. The number of fused-ring (bicyclic) bond motifs is 2. The van der Waals surface area contributed by atoms with Crippen molar-refractivity contribution >= 4 is 23.2 Å². The fourth-order valence-corrected chi connectivity index (χ4v) is 7.77. The van der Waals surface area contributed by atoms with Gasteiger partial charge in [0.25, 0.3) is 11.8 Å². The summed E-state index contributed by atoms with van der Waals surface area (Å²) in [7, 11) is 0. The zero-order valence-electron chi connectivity index (χ0n) is 21.2. The summed E-state index contributed by atoms with van der Waals surface area (Å²) in [4.78, 5) is 42.6. The van der Waals surface area contributed by atoms with Crippen LogP contribution in [0.2, 0.25) is 0 Å². The molecule has 8 rings (SSSR count). The molecule has 4 fully saturated rings. The Morgan fingerprint density at radius 2 is 1.76 bits per heavy atom. The largest absolute Gasteiger partial charge is 0.486 e. The molecule has 1 aromatic carbocycles. The van der Waals surface area contributed by atoms with Gasteiger partial charge >= 0.3 is 0 Å². The lowest BCUT2D eigenvalue weighted by Gasteiger charge is -2.56. The van der Waals surface area contributed by atoms with Crippen molar-refractivity contribution in [2.45, 2.75) is 51.5 Å². The van der Waals surface area contributed by atoms with Crippen molar-refractivity contribution in [3.8, 4) is 5.75 Å². The minimum Gasteiger partial charge on any atom is -0.486 e. The normalized spacial score (nSPS) is 27.2. The van der Waals surface area contributed by atoms with Gasteiger partial charge in [0, 0.05) is 37.2 Å². The number of benzene rings is 1. The molecule has 2 aromatic heterocycles. The molecule has 0 atom stereocenters. The number of carbonyl (C=O) groups is 3. The lowest BCUT2D eigenvalue weighted by Crippen LogP contribution is -2.51. The molecule has 196 valence electrons. The quantitative estimate of drug-likeness (QED) is 0.524. The van der Waals surface area contributed by atoms with E-state index in [1.54, 1.807) is 12.3 Å². The highest BCUT2D eigenvalue weighted by Gasteiger charge is 2.50. The van der Waals surface area contributed by atoms with E-state index in [0.717, 1.165) is 28.9 Å². The van der Waals surface area contributed by atoms with Gasteiger partial charge in [-0.1, -0.05) is 6.07 Å². The van der Waals surface area contributed by atoms with Gasteiger partial charge in [-0.15, -0.1) is 0 Å². The van der Waals surface area contributed by atoms with Crippen LogP contribution in [0.4, 0.5) is 0 Å². The molecule has 0 saturated heterocycles. The van der Waals surface area contributed by atoms with Gasteiger partial charge in [-0.3, -0.25) is 14.4 Å². The van der Waals surface area contributed by atoms with Crippen molar-refractivity contribution in [3.05, 3.63) is 59.0 Å². The van der Waals surface area contributed by atoms with Crippen molar-refractivity contribution in [1.82, 2.24) is 25.2 Å². The van der Waals surface area contributed by atoms with Crippen LogP contribution >= 0.6 is 0 Å². The number of Topliss-reactive ketones (excluding diaryl/α,β-unsaturated/α-hetero) is 1. The molecular formula is C29H31N5O4. The van der Waals surface area contributed by atoms with Crippen molar-refractivity contribution in [2.75, 3.05) is 13.2 Å². The third-order valence-corrected chi connectivity index (χ3v) is 8.97. The predicted molar refractivity (Wildman–Crippen MR) is 138 cm³/mol. The van der Waals surface area contributed by atoms with E-state index in [1.165, 1.54) is 49.1 Å². The van der Waals surface area contributed by atoms with Crippen LogP contribution in [0.25, 0.3) is 5.65 Å². The number of ether oxygens (including phenoxy) is 1. The smallest absolute Gasteiger partial charge is 0.270 e. The molecule has 0 unspecified atom stereocenters.